The summed E-state index contributed by atoms with van der Waals surface area (Å²) >= 11 is 0. The van der Waals surface area contributed by atoms with Crippen molar-refractivity contribution >= 4 is 10.9 Å². The molecule has 2 nitrogen and oxygen atoms in total. The monoisotopic (exact) mass is 233 g/mol. The van der Waals surface area contributed by atoms with Gasteiger partial charge < -0.3 is 4.74 Å². The smallest absolute Gasteiger partial charge is 0.127 e. The molecule has 86 valence electrons. The lowest BCUT2D eigenvalue weighted by molar-refractivity contribution is 0.304. The Morgan fingerprint density at radius 1 is 0.889 bits per heavy atom. The van der Waals surface area contributed by atoms with E-state index in [-0.39, 0.29) is 0 Å². The molecule has 2 heteroatoms. The largest absolute Gasteiger partial charge is 0.488 e. The third-order valence-electron chi connectivity index (χ3n) is 3.45. The number of nitrogens with zero attached hydrogens (tertiary/aromatic N) is 1. The van der Waals surface area contributed by atoms with Crippen molar-refractivity contribution in [1.82, 2.24) is 4.98 Å². The van der Waals surface area contributed by atoms with Crippen molar-refractivity contribution in [2.45, 2.75) is 6.61 Å². The van der Waals surface area contributed by atoms with Crippen molar-refractivity contribution < 1.29 is 4.74 Å². The Labute approximate surface area is 105 Å². The summed E-state index contributed by atoms with van der Waals surface area (Å²) in [4.78, 5) is 4.39. The van der Waals surface area contributed by atoms with Crippen LogP contribution in [0.3, 0.4) is 0 Å². The zero-order chi connectivity index (χ0) is 11.9. The molecule has 0 spiro atoms. The second-order valence-electron chi connectivity index (χ2n) is 4.45. The number of para-hydroxylation sites is 1. The average Bonchev–Trinajstić information content (AvgIpc) is 2.46. The van der Waals surface area contributed by atoms with Crippen LogP contribution in [0, 0.1) is 0 Å². The van der Waals surface area contributed by atoms with E-state index < -0.39 is 0 Å². The maximum absolute atomic E-state index is 5.83. The lowest BCUT2D eigenvalue weighted by Crippen LogP contribution is -2.06. The van der Waals surface area contributed by atoms with Gasteiger partial charge in [0.25, 0.3) is 0 Å². The van der Waals surface area contributed by atoms with Crippen molar-refractivity contribution in [3.8, 4) is 16.9 Å². The molecule has 0 atom stereocenters. The number of pyridine rings is 1. The van der Waals surface area contributed by atoms with Crippen LogP contribution < -0.4 is 4.74 Å². The fraction of sp³-hybridized carbons (Fsp3) is 0.0625. The summed E-state index contributed by atoms with van der Waals surface area (Å²) < 4.78 is 5.83. The van der Waals surface area contributed by atoms with E-state index in [1.54, 1.807) is 0 Å². The van der Waals surface area contributed by atoms with Crippen LogP contribution in [0.4, 0.5) is 0 Å². The molecular formula is C16H11NO. The third-order valence-corrected chi connectivity index (χ3v) is 3.45. The molecule has 1 aromatic heterocycles. The van der Waals surface area contributed by atoms with E-state index in [0.717, 1.165) is 11.3 Å². The Balaban J connectivity index is 2.09. The Hall–Kier alpha value is -2.35. The quantitative estimate of drug-likeness (QED) is 0.589. The maximum Gasteiger partial charge on any atom is 0.127 e. The molecule has 2 heterocycles. The molecule has 0 aliphatic carbocycles. The molecule has 0 fully saturated rings. The van der Waals surface area contributed by atoms with Crippen LogP contribution in [0.5, 0.6) is 5.75 Å². The fourth-order valence-corrected chi connectivity index (χ4v) is 2.59. The van der Waals surface area contributed by atoms with Crippen LogP contribution in [0.2, 0.25) is 0 Å². The van der Waals surface area contributed by atoms with E-state index in [1.807, 2.05) is 30.5 Å². The van der Waals surface area contributed by atoms with Crippen LogP contribution >= 0.6 is 0 Å². The van der Waals surface area contributed by atoms with E-state index in [2.05, 4.69) is 29.2 Å². The lowest BCUT2D eigenvalue weighted by atomic mass is 9.94. The normalized spacial score (nSPS) is 12.7. The highest BCUT2D eigenvalue weighted by Gasteiger charge is 2.18. The summed E-state index contributed by atoms with van der Waals surface area (Å²) in [6.07, 6.45) is 1.83. The number of hydrogen-bond acceptors (Lipinski definition) is 2. The molecule has 0 bridgehead atoms. The van der Waals surface area contributed by atoms with Gasteiger partial charge in [-0.1, -0.05) is 30.3 Å². The SMILES string of the molecule is c1ccc2c(c1)OCc1c-2ccc2ncccc12. The molecule has 0 unspecified atom stereocenters. The Morgan fingerprint density at radius 3 is 2.83 bits per heavy atom. The molecule has 2 aromatic carbocycles. The predicted molar refractivity (Wildman–Crippen MR) is 71.5 cm³/mol. The molecule has 4 rings (SSSR count). The molecule has 0 amide bonds. The molecule has 18 heavy (non-hydrogen) atoms. The van der Waals surface area contributed by atoms with Crippen LogP contribution in [0.1, 0.15) is 5.56 Å². The number of ether oxygens (including phenoxy) is 1. The first-order chi connectivity index (χ1) is 8.93. The average molecular weight is 233 g/mol. The first kappa shape index (κ1) is 9.66. The van der Waals surface area contributed by atoms with Gasteiger partial charge in [0.2, 0.25) is 0 Å². The van der Waals surface area contributed by atoms with Gasteiger partial charge in [-0.3, -0.25) is 4.98 Å². The number of rotatable bonds is 0. The number of fused-ring (bicyclic) bond motifs is 5. The van der Waals surface area contributed by atoms with Crippen molar-refractivity contribution in [1.29, 1.82) is 0 Å². The third kappa shape index (κ3) is 1.26. The molecular weight excluding hydrogens is 222 g/mol. The number of aromatic nitrogens is 1. The molecule has 0 saturated heterocycles. The summed E-state index contributed by atoms with van der Waals surface area (Å²) in [6.45, 7) is 0.620. The van der Waals surface area contributed by atoms with Crippen molar-refractivity contribution in [2.24, 2.45) is 0 Å². The zero-order valence-electron chi connectivity index (χ0n) is 9.76. The minimum absolute atomic E-state index is 0.620. The van der Waals surface area contributed by atoms with Crippen molar-refractivity contribution in [3.63, 3.8) is 0 Å². The molecule has 0 radical (unpaired) electrons. The highest BCUT2D eigenvalue weighted by Crippen LogP contribution is 2.39. The summed E-state index contributed by atoms with van der Waals surface area (Å²) in [5.41, 5.74) is 4.69. The van der Waals surface area contributed by atoms with Crippen LogP contribution in [-0.2, 0) is 6.61 Å². The summed E-state index contributed by atoms with van der Waals surface area (Å²) in [5.74, 6) is 0.966. The standard InChI is InChI=1S/C16H11NO/c1-2-6-16-13(4-1)11-7-8-15-12(5-3-9-17-15)14(11)10-18-16/h1-9H,10H2. The van der Waals surface area contributed by atoms with E-state index in [9.17, 15) is 0 Å². The van der Waals surface area contributed by atoms with Gasteiger partial charge in [0.1, 0.15) is 12.4 Å². The predicted octanol–water partition coefficient (Wildman–Crippen LogP) is 3.79. The molecule has 3 aromatic rings. The molecule has 0 saturated carbocycles. The van der Waals surface area contributed by atoms with Gasteiger partial charge in [0.15, 0.2) is 0 Å². The Morgan fingerprint density at radius 2 is 1.83 bits per heavy atom. The van der Waals surface area contributed by atoms with E-state index in [4.69, 9.17) is 4.74 Å². The summed E-state index contributed by atoms with van der Waals surface area (Å²) in [7, 11) is 0. The van der Waals surface area contributed by atoms with Crippen molar-refractivity contribution in [3.05, 3.63) is 60.3 Å². The van der Waals surface area contributed by atoms with E-state index in [0.29, 0.717) is 6.61 Å². The first-order valence-corrected chi connectivity index (χ1v) is 6.02. The van der Waals surface area contributed by atoms with Gasteiger partial charge in [0.05, 0.1) is 5.52 Å². The Bertz CT molecular complexity index is 749. The topological polar surface area (TPSA) is 22.1 Å². The number of benzene rings is 2. The zero-order valence-corrected chi connectivity index (χ0v) is 9.76. The number of hydrogen-bond donors (Lipinski definition) is 0. The van der Waals surface area contributed by atoms with Crippen LogP contribution in [-0.4, -0.2) is 4.98 Å². The maximum atomic E-state index is 5.83. The summed E-state index contributed by atoms with van der Waals surface area (Å²) in [6, 6.07) is 16.5. The second-order valence-corrected chi connectivity index (χ2v) is 4.45. The minimum atomic E-state index is 0.620. The van der Waals surface area contributed by atoms with E-state index >= 15 is 0 Å². The Kier molecular flexibility index (Phi) is 1.92. The molecule has 1 aliphatic heterocycles. The lowest BCUT2D eigenvalue weighted by Gasteiger charge is -2.21. The van der Waals surface area contributed by atoms with Crippen LogP contribution in [0.15, 0.2) is 54.7 Å². The summed E-state index contributed by atoms with van der Waals surface area (Å²) in [5, 5.41) is 1.18. The van der Waals surface area contributed by atoms with Gasteiger partial charge in [-0.2, -0.15) is 0 Å². The highest BCUT2D eigenvalue weighted by atomic mass is 16.5. The molecule has 0 N–H and O–H groups in total. The van der Waals surface area contributed by atoms with Gasteiger partial charge in [-0.15, -0.1) is 0 Å². The first-order valence-electron chi connectivity index (χ1n) is 6.02. The van der Waals surface area contributed by atoms with Gasteiger partial charge in [0, 0.05) is 22.7 Å². The highest BCUT2D eigenvalue weighted by molar-refractivity contribution is 5.91. The van der Waals surface area contributed by atoms with Crippen molar-refractivity contribution in [2.75, 3.05) is 0 Å². The van der Waals surface area contributed by atoms with Gasteiger partial charge >= 0.3 is 0 Å². The van der Waals surface area contributed by atoms with Crippen LogP contribution in [0.25, 0.3) is 22.0 Å². The van der Waals surface area contributed by atoms with Gasteiger partial charge in [-0.05, 0) is 23.8 Å². The fourth-order valence-electron chi connectivity index (χ4n) is 2.59. The second kappa shape index (κ2) is 3.57. The minimum Gasteiger partial charge on any atom is -0.488 e. The van der Waals surface area contributed by atoms with Gasteiger partial charge in [-0.25, -0.2) is 0 Å². The molecule has 1 aliphatic rings. The van der Waals surface area contributed by atoms with E-state index in [1.165, 1.54) is 22.1 Å².